The van der Waals surface area contributed by atoms with Crippen molar-refractivity contribution >= 4 is 29.8 Å². The molecule has 53 heavy (non-hydrogen) atoms. The maximum absolute atomic E-state index is 14.0. The van der Waals surface area contributed by atoms with Crippen LogP contribution in [-0.2, 0) is 57.1 Å². The van der Waals surface area contributed by atoms with Crippen LogP contribution in [0.25, 0.3) is 0 Å². The number of halogens is 13. The summed E-state index contributed by atoms with van der Waals surface area (Å²) in [5.41, 5.74) is 0. The van der Waals surface area contributed by atoms with Crippen molar-refractivity contribution in [2.75, 3.05) is 27.1 Å². The first-order valence-corrected chi connectivity index (χ1v) is 14.3. The summed E-state index contributed by atoms with van der Waals surface area (Å²) in [6.45, 7) is -0.801. The molecule has 0 saturated heterocycles. The van der Waals surface area contributed by atoms with E-state index in [9.17, 15) is 81.0 Å². The molecule has 0 aliphatic carbocycles. The molecular weight excluding hydrogens is 777 g/mol. The molecule has 306 valence electrons. The van der Waals surface area contributed by atoms with Crippen molar-refractivity contribution in [3.05, 3.63) is 11.8 Å². The Balaban J connectivity index is 3.28. The lowest BCUT2D eigenvalue weighted by atomic mass is 9.93. The molecule has 0 saturated carbocycles. The van der Waals surface area contributed by atoms with Gasteiger partial charge in [0.1, 0.15) is 18.9 Å². The topological polar surface area (TPSA) is 162 Å². The summed E-state index contributed by atoms with van der Waals surface area (Å²) in [6, 6.07) is -1.56. The van der Waals surface area contributed by atoms with Gasteiger partial charge in [0.15, 0.2) is 18.3 Å². The van der Waals surface area contributed by atoms with E-state index in [-0.39, 0.29) is 0 Å². The van der Waals surface area contributed by atoms with Crippen molar-refractivity contribution in [2.24, 2.45) is 0 Å². The summed E-state index contributed by atoms with van der Waals surface area (Å²) in [7, 11) is 0.894. The highest BCUT2D eigenvalue weighted by Crippen LogP contribution is 2.60. The summed E-state index contributed by atoms with van der Waals surface area (Å²) >= 11 is 0. The summed E-state index contributed by atoms with van der Waals surface area (Å²) in [6.07, 6.45) is -16.7. The smallest absolute Gasteiger partial charge is 0.460 e. The highest BCUT2D eigenvalue weighted by Gasteiger charge is 2.90. The molecule has 13 nitrogen and oxygen atoms in total. The van der Waals surface area contributed by atoms with Crippen LogP contribution in [0, 0.1) is 0 Å². The number of hydrogen-bond donors (Lipinski definition) is 1. The molecule has 26 heteroatoms. The lowest BCUT2D eigenvalue weighted by Crippen LogP contribution is -2.70. The highest BCUT2D eigenvalue weighted by atomic mass is 19.4. The van der Waals surface area contributed by atoms with Crippen LogP contribution in [0.3, 0.4) is 0 Å². The SMILES string of the molecule is COC(=O)C1=C[C@H](OC(C)=O)[C@@H](NC(C)=O)[C@H]([C@H](OC(C)=O)[C@@H](COCOCCC(F)(F)C(F)(F)C(F)(F)C(F)(F)C(F)(F)C(F)(F)F)OC(C)=O)O1. The van der Waals surface area contributed by atoms with Gasteiger partial charge in [0, 0.05) is 40.2 Å². The summed E-state index contributed by atoms with van der Waals surface area (Å²) in [5, 5.41) is 2.31. The van der Waals surface area contributed by atoms with Gasteiger partial charge < -0.3 is 38.5 Å². The predicted molar refractivity (Wildman–Crippen MR) is 141 cm³/mol. The number of carbonyl (C=O) groups is 5. The summed E-state index contributed by atoms with van der Waals surface area (Å²) < 4.78 is 208. The zero-order chi connectivity index (χ0) is 41.5. The van der Waals surface area contributed by atoms with Gasteiger partial charge in [-0.05, 0) is 0 Å². The minimum atomic E-state index is -8.08. The first-order chi connectivity index (χ1) is 23.9. The minimum Gasteiger partial charge on any atom is -0.477 e. The van der Waals surface area contributed by atoms with E-state index in [4.69, 9.17) is 23.7 Å². The third-order valence-corrected chi connectivity index (χ3v) is 6.66. The molecule has 0 radical (unpaired) electrons. The normalized spacial score (nSPS) is 19.9. The number of nitrogens with one attached hydrogen (secondary N) is 1. The average molecular weight is 808 g/mol. The van der Waals surface area contributed by atoms with Crippen LogP contribution < -0.4 is 5.32 Å². The molecule has 0 aromatic heterocycles. The van der Waals surface area contributed by atoms with E-state index in [1.807, 2.05) is 0 Å². The second-order valence-corrected chi connectivity index (χ2v) is 10.8. The Morgan fingerprint density at radius 2 is 1.28 bits per heavy atom. The van der Waals surface area contributed by atoms with E-state index in [1.165, 1.54) is 0 Å². The van der Waals surface area contributed by atoms with Crippen LogP contribution in [0.5, 0.6) is 0 Å². The molecule has 0 bridgehead atoms. The van der Waals surface area contributed by atoms with Gasteiger partial charge in [0.2, 0.25) is 11.7 Å². The number of hydrogen-bond acceptors (Lipinski definition) is 12. The first kappa shape index (κ1) is 46.9. The van der Waals surface area contributed by atoms with Gasteiger partial charge in [-0.3, -0.25) is 19.2 Å². The Morgan fingerprint density at radius 1 is 0.755 bits per heavy atom. The second kappa shape index (κ2) is 17.4. The van der Waals surface area contributed by atoms with Gasteiger partial charge in [-0.1, -0.05) is 0 Å². The predicted octanol–water partition coefficient (Wildman–Crippen LogP) is 3.86. The number of carbonyl (C=O) groups excluding carboxylic acids is 5. The number of methoxy groups -OCH3 is 1. The van der Waals surface area contributed by atoms with Crippen LogP contribution in [0.4, 0.5) is 57.1 Å². The highest BCUT2D eigenvalue weighted by molar-refractivity contribution is 5.86. The van der Waals surface area contributed by atoms with E-state index in [0.717, 1.165) is 40.9 Å². The number of ether oxygens (including phenoxy) is 7. The molecule has 0 aromatic rings. The molecule has 0 unspecified atom stereocenters. The molecule has 1 N–H and O–H groups in total. The van der Waals surface area contributed by atoms with E-state index < -0.39 is 128 Å². The lowest BCUT2D eigenvalue weighted by molar-refractivity contribution is -0.440. The van der Waals surface area contributed by atoms with Gasteiger partial charge in [-0.2, -0.15) is 57.1 Å². The molecule has 1 heterocycles. The van der Waals surface area contributed by atoms with Gasteiger partial charge in [-0.15, -0.1) is 0 Å². The third-order valence-electron chi connectivity index (χ3n) is 6.66. The summed E-state index contributed by atoms with van der Waals surface area (Å²) in [5.74, 6) is -44.0. The van der Waals surface area contributed by atoms with Crippen LogP contribution >= 0.6 is 0 Å². The third kappa shape index (κ3) is 10.7. The van der Waals surface area contributed by atoms with Gasteiger partial charge in [0.25, 0.3) is 0 Å². The molecule has 0 aromatic carbocycles. The van der Waals surface area contributed by atoms with Crippen molar-refractivity contribution < 1.29 is 114 Å². The summed E-state index contributed by atoms with van der Waals surface area (Å²) in [4.78, 5) is 60.2. The zero-order valence-electron chi connectivity index (χ0n) is 27.6. The lowest BCUT2D eigenvalue weighted by Gasteiger charge is -2.41. The van der Waals surface area contributed by atoms with Crippen LogP contribution in [0.1, 0.15) is 34.1 Å². The standard InChI is InChI=1S/C27H30F13NO12/c1-11(42)41-18-15(50-12(2)43)8-16(21(46)47-5)53-20(18)19(52-14(4)45)17(51-13(3)44)9-49-10-48-7-6-22(28,29)23(30,31)24(32,33)25(34,35)26(36,37)27(38,39)40/h8,15,17-20H,6-7,9-10H2,1-5H3,(H,41,42)/t15-,17+,18+,19+,20+/m0/s1. The molecular formula is C27H30F13NO12. The van der Waals surface area contributed by atoms with Crippen LogP contribution in [0.15, 0.2) is 11.8 Å². The molecule has 1 aliphatic rings. The van der Waals surface area contributed by atoms with Gasteiger partial charge in [-0.25, -0.2) is 4.79 Å². The van der Waals surface area contributed by atoms with E-state index in [1.54, 1.807) is 0 Å². The van der Waals surface area contributed by atoms with E-state index in [0.29, 0.717) is 0 Å². The van der Waals surface area contributed by atoms with E-state index in [2.05, 4.69) is 14.8 Å². The van der Waals surface area contributed by atoms with Gasteiger partial charge in [0.05, 0.1) is 20.3 Å². The van der Waals surface area contributed by atoms with Crippen molar-refractivity contribution in [3.63, 3.8) is 0 Å². The Labute approximate surface area is 289 Å². The Morgan fingerprint density at radius 3 is 1.74 bits per heavy atom. The van der Waals surface area contributed by atoms with Crippen molar-refractivity contribution in [3.8, 4) is 0 Å². The maximum Gasteiger partial charge on any atom is 0.460 e. The Bertz CT molecular complexity index is 1370. The van der Waals surface area contributed by atoms with Crippen LogP contribution in [-0.4, -0.2) is 123 Å². The molecule has 5 atom stereocenters. The van der Waals surface area contributed by atoms with Crippen molar-refractivity contribution in [2.45, 2.75) is 100 Å². The fourth-order valence-corrected chi connectivity index (χ4v) is 4.28. The Kier molecular flexibility index (Phi) is 15.4. The second-order valence-electron chi connectivity index (χ2n) is 10.8. The first-order valence-electron chi connectivity index (χ1n) is 14.3. The minimum absolute atomic E-state index is 0.698. The zero-order valence-corrected chi connectivity index (χ0v) is 27.6. The molecule has 1 aliphatic heterocycles. The molecule has 1 amide bonds. The monoisotopic (exact) mass is 807 g/mol. The average Bonchev–Trinajstić information content (AvgIpc) is 2.99. The van der Waals surface area contributed by atoms with Gasteiger partial charge >= 0.3 is 59.7 Å². The largest absolute Gasteiger partial charge is 0.477 e. The number of alkyl halides is 13. The quantitative estimate of drug-likeness (QED) is 0.0702. The fourth-order valence-electron chi connectivity index (χ4n) is 4.28. The number of amides is 1. The van der Waals surface area contributed by atoms with Crippen molar-refractivity contribution in [1.29, 1.82) is 0 Å². The molecule has 1 rings (SSSR count). The molecule has 0 fully saturated rings. The maximum atomic E-state index is 14.0. The number of rotatable bonds is 18. The van der Waals surface area contributed by atoms with E-state index >= 15 is 0 Å². The Hall–Kier alpha value is -4.10. The van der Waals surface area contributed by atoms with Crippen LogP contribution in [0.2, 0.25) is 0 Å². The van der Waals surface area contributed by atoms with Crippen molar-refractivity contribution in [1.82, 2.24) is 5.32 Å². The molecule has 0 spiro atoms. The fraction of sp³-hybridized carbons (Fsp3) is 0.741. The number of esters is 4.